The molecule has 1 rings (SSSR count). The van der Waals surface area contributed by atoms with Gasteiger partial charge in [0.15, 0.2) is 0 Å². The van der Waals surface area contributed by atoms with Crippen molar-refractivity contribution >= 4 is 10.1 Å². The Morgan fingerprint density at radius 1 is 1.47 bits per heavy atom. The van der Waals surface area contributed by atoms with Gasteiger partial charge >= 0.3 is 0 Å². The summed E-state index contributed by atoms with van der Waals surface area (Å²) in [6, 6.07) is -0.157. The number of hydrogen-bond acceptors (Lipinski definition) is 3. The van der Waals surface area contributed by atoms with E-state index in [1.54, 1.807) is 0 Å². The summed E-state index contributed by atoms with van der Waals surface area (Å²) in [5, 5.41) is 3.45. The molecule has 2 N–H and O–H groups in total. The van der Waals surface area contributed by atoms with Gasteiger partial charge < -0.3 is 5.32 Å². The topological polar surface area (TPSA) is 66.4 Å². The second-order valence-electron chi connectivity index (χ2n) is 5.56. The van der Waals surface area contributed by atoms with Crippen molar-refractivity contribution in [2.24, 2.45) is 5.92 Å². The Morgan fingerprint density at radius 3 is 2.59 bits per heavy atom. The van der Waals surface area contributed by atoms with Gasteiger partial charge in [0.25, 0.3) is 10.1 Å². The molecular weight excluding hydrogens is 238 g/mol. The summed E-state index contributed by atoms with van der Waals surface area (Å²) < 4.78 is 30.8. The zero-order chi connectivity index (χ0) is 13.1. The minimum Gasteiger partial charge on any atom is -0.307 e. The van der Waals surface area contributed by atoms with Crippen molar-refractivity contribution < 1.29 is 13.0 Å². The van der Waals surface area contributed by atoms with Crippen LogP contribution in [0.5, 0.6) is 0 Å². The average Bonchev–Trinajstić information content (AvgIpc) is 2.20. The van der Waals surface area contributed by atoms with E-state index in [0.717, 1.165) is 6.42 Å². The molecule has 0 aliphatic heterocycles. The molecule has 0 aromatic rings. The summed E-state index contributed by atoms with van der Waals surface area (Å²) in [6.07, 6.45) is 5.42. The number of nitrogens with one attached hydrogen (secondary N) is 1. The normalized spacial score (nSPS) is 32.4. The summed E-state index contributed by atoms with van der Waals surface area (Å²) in [5.41, 5.74) is 0.00359. The standard InChI is InChI=1S/C12H25NO3S/c1-4-11(9-17(14,15)16)13-12(3)8-6-5-7-10(12)2/h10-11,13H,4-9H2,1-3H3,(H,14,15,16). The van der Waals surface area contributed by atoms with E-state index >= 15 is 0 Å². The monoisotopic (exact) mass is 263 g/mol. The van der Waals surface area contributed by atoms with Crippen molar-refractivity contribution in [3.8, 4) is 0 Å². The zero-order valence-corrected chi connectivity index (χ0v) is 11.9. The summed E-state index contributed by atoms with van der Waals surface area (Å²) >= 11 is 0. The smallest absolute Gasteiger partial charge is 0.266 e. The van der Waals surface area contributed by atoms with Crippen LogP contribution in [0, 0.1) is 5.92 Å². The van der Waals surface area contributed by atoms with Crippen LogP contribution in [-0.2, 0) is 10.1 Å². The minimum atomic E-state index is -3.89. The van der Waals surface area contributed by atoms with E-state index < -0.39 is 10.1 Å². The van der Waals surface area contributed by atoms with Crippen molar-refractivity contribution in [2.45, 2.75) is 64.5 Å². The van der Waals surface area contributed by atoms with Crippen LogP contribution >= 0.6 is 0 Å². The van der Waals surface area contributed by atoms with Gasteiger partial charge in [0.2, 0.25) is 0 Å². The molecule has 1 aliphatic rings. The fourth-order valence-electron chi connectivity index (χ4n) is 2.70. The SMILES string of the molecule is CCC(CS(=O)(=O)O)NC1(C)CCCCC1C. The van der Waals surface area contributed by atoms with Gasteiger partial charge in [-0.15, -0.1) is 0 Å². The Bertz CT molecular complexity index is 342. The highest BCUT2D eigenvalue weighted by molar-refractivity contribution is 7.85. The maximum Gasteiger partial charge on any atom is 0.266 e. The van der Waals surface area contributed by atoms with Gasteiger partial charge in [0, 0.05) is 11.6 Å². The maximum absolute atomic E-state index is 10.9. The van der Waals surface area contributed by atoms with E-state index in [0.29, 0.717) is 12.3 Å². The van der Waals surface area contributed by atoms with Crippen LogP contribution in [0.15, 0.2) is 0 Å². The molecule has 4 nitrogen and oxygen atoms in total. The first-order chi connectivity index (χ1) is 7.77. The molecule has 0 radical (unpaired) electrons. The van der Waals surface area contributed by atoms with Crippen LogP contribution in [0.2, 0.25) is 0 Å². The highest BCUT2D eigenvalue weighted by atomic mass is 32.2. The summed E-state index contributed by atoms with van der Waals surface area (Å²) in [6.45, 7) is 6.33. The van der Waals surface area contributed by atoms with E-state index in [9.17, 15) is 8.42 Å². The Kier molecular flexibility index (Phi) is 4.98. The molecule has 1 fully saturated rings. The lowest BCUT2D eigenvalue weighted by Gasteiger charge is -2.43. The molecule has 1 saturated carbocycles. The van der Waals surface area contributed by atoms with Gasteiger partial charge in [-0.2, -0.15) is 8.42 Å². The third-order valence-corrected chi connectivity index (χ3v) is 4.93. The molecule has 3 unspecified atom stereocenters. The van der Waals surface area contributed by atoms with Crippen LogP contribution in [0.1, 0.15) is 52.9 Å². The highest BCUT2D eigenvalue weighted by Gasteiger charge is 2.35. The fraction of sp³-hybridized carbons (Fsp3) is 1.00. The first kappa shape index (κ1) is 14.9. The molecular formula is C12H25NO3S. The third kappa shape index (κ3) is 4.56. The predicted octanol–water partition coefficient (Wildman–Crippen LogP) is 2.21. The van der Waals surface area contributed by atoms with Crippen molar-refractivity contribution in [3.63, 3.8) is 0 Å². The average molecular weight is 263 g/mol. The summed E-state index contributed by atoms with van der Waals surface area (Å²) in [7, 11) is -3.89. The molecule has 3 atom stereocenters. The summed E-state index contributed by atoms with van der Waals surface area (Å²) in [5.74, 6) is 0.359. The van der Waals surface area contributed by atoms with Gasteiger partial charge in [-0.25, -0.2) is 0 Å². The Balaban J connectivity index is 2.66. The fourth-order valence-corrected chi connectivity index (χ4v) is 3.53. The van der Waals surface area contributed by atoms with Gasteiger partial charge in [0.1, 0.15) is 0 Å². The second-order valence-corrected chi connectivity index (χ2v) is 7.06. The van der Waals surface area contributed by atoms with E-state index in [2.05, 4.69) is 19.2 Å². The molecule has 0 spiro atoms. The van der Waals surface area contributed by atoms with Crippen LogP contribution < -0.4 is 5.32 Å². The van der Waals surface area contributed by atoms with Gasteiger partial charge in [0.05, 0.1) is 5.75 Å². The molecule has 17 heavy (non-hydrogen) atoms. The van der Waals surface area contributed by atoms with E-state index in [4.69, 9.17) is 4.55 Å². The quantitative estimate of drug-likeness (QED) is 0.746. The lowest BCUT2D eigenvalue weighted by Crippen LogP contribution is -2.55. The molecule has 1 aliphatic carbocycles. The van der Waals surface area contributed by atoms with Crippen LogP contribution in [0.25, 0.3) is 0 Å². The largest absolute Gasteiger partial charge is 0.307 e. The molecule has 0 bridgehead atoms. The second kappa shape index (κ2) is 5.67. The Labute approximate surface area is 105 Å². The van der Waals surface area contributed by atoms with Gasteiger partial charge in [-0.05, 0) is 32.1 Å². The molecule has 0 amide bonds. The minimum absolute atomic E-state index is 0.00359. The molecule has 0 aromatic heterocycles. The van der Waals surface area contributed by atoms with E-state index in [1.165, 1.54) is 19.3 Å². The van der Waals surface area contributed by atoms with Crippen molar-refractivity contribution in [2.75, 3.05) is 5.75 Å². The maximum atomic E-state index is 10.9. The molecule has 5 heteroatoms. The Morgan fingerprint density at radius 2 is 2.12 bits per heavy atom. The van der Waals surface area contributed by atoms with Gasteiger partial charge in [-0.3, -0.25) is 4.55 Å². The van der Waals surface area contributed by atoms with Crippen molar-refractivity contribution in [3.05, 3.63) is 0 Å². The first-order valence-corrected chi connectivity index (χ1v) is 8.10. The molecule has 0 aromatic carbocycles. The van der Waals surface area contributed by atoms with Crippen LogP contribution in [-0.4, -0.2) is 30.3 Å². The number of hydrogen-bond donors (Lipinski definition) is 2. The number of rotatable bonds is 5. The van der Waals surface area contributed by atoms with Crippen molar-refractivity contribution in [1.29, 1.82) is 0 Å². The van der Waals surface area contributed by atoms with Crippen molar-refractivity contribution in [1.82, 2.24) is 5.32 Å². The van der Waals surface area contributed by atoms with E-state index in [-0.39, 0.29) is 17.3 Å². The van der Waals surface area contributed by atoms with Gasteiger partial charge in [-0.1, -0.05) is 26.7 Å². The first-order valence-electron chi connectivity index (χ1n) is 6.49. The molecule has 0 saturated heterocycles. The lowest BCUT2D eigenvalue weighted by atomic mass is 9.74. The lowest BCUT2D eigenvalue weighted by molar-refractivity contribution is 0.158. The molecule has 0 heterocycles. The third-order valence-electron chi connectivity index (χ3n) is 4.11. The predicted molar refractivity (Wildman–Crippen MR) is 69.7 cm³/mol. The molecule has 102 valence electrons. The highest BCUT2D eigenvalue weighted by Crippen LogP contribution is 2.33. The van der Waals surface area contributed by atoms with E-state index in [1.807, 2.05) is 6.92 Å². The van der Waals surface area contributed by atoms with Crippen LogP contribution in [0.4, 0.5) is 0 Å². The zero-order valence-electron chi connectivity index (χ0n) is 11.1. The summed E-state index contributed by atoms with van der Waals surface area (Å²) in [4.78, 5) is 0. The van der Waals surface area contributed by atoms with Crippen LogP contribution in [0.3, 0.4) is 0 Å². The Hall–Kier alpha value is -0.130.